The van der Waals surface area contributed by atoms with Gasteiger partial charge >= 0.3 is 0 Å². The molecule has 0 saturated carbocycles. The second-order valence-corrected chi connectivity index (χ2v) is 7.73. The van der Waals surface area contributed by atoms with Gasteiger partial charge in [-0.2, -0.15) is 0 Å². The molecule has 0 aliphatic carbocycles. The Morgan fingerprint density at radius 1 is 1.17 bits per heavy atom. The average molecular weight is 365 g/mol. The molecule has 1 aromatic heterocycles. The Morgan fingerprint density at radius 3 is 2.79 bits per heavy atom. The number of aromatic amines is 1. The Balaban J connectivity index is 1.70. The van der Waals surface area contributed by atoms with Crippen molar-refractivity contribution in [1.82, 2.24) is 9.97 Å². The molecule has 0 atom stereocenters. The van der Waals surface area contributed by atoms with Gasteiger partial charge in [0.1, 0.15) is 13.2 Å². The standard InChI is InChI=1S/C16H13ClN2O4S/c17-11-7-10(8-14-15(11)23-6-5-22-14)9-24(20,21)16-18-12-3-1-2-4-13(12)19-16/h1-4,7-8H,5-6,9H2,(H,18,19). The molecule has 0 amide bonds. The van der Waals surface area contributed by atoms with Crippen LogP contribution >= 0.6 is 11.6 Å². The van der Waals surface area contributed by atoms with E-state index in [9.17, 15) is 8.42 Å². The van der Waals surface area contributed by atoms with E-state index in [-0.39, 0.29) is 10.9 Å². The van der Waals surface area contributed by atoms with Crippen LogP contribution in [0.3, 0.4) is 0 Å². The Bertz CT molecular complexity index is 997. The predicted molar refractivity (Wildman–Crippen MR) is 89.4 cm³/mol. The molecule has 0 saturated heterocycles. The van der Waals surface area contributed by atoms with Gasteiger partial charge in [-0.25, -0.2) is 13.4 Å². The van der Waals surface area contributed by atoms with E-state index in [4.69, 9.17) is 21.1 Å². The summed E-state index contributed by atoms with van der Waals surface area (Å²) in [6.07, 6.45) is 0. The fraction of sp³-hybridized carbons (Fsp3) is 0.188. The molecule has 1 N–H and O–H groups in total. The molecular formula is C16H13ClN2O4S. The van der Waals surface area contributed by atoms with E-state index in [0.29, 0.717) is 46.3 Å². The number of imidazole rings is 1. The number of sulfone groups is 1. The summed E-state index contributed by atoms with van der Waals surface area (Å²) >= 11 is 6.16. The monoisotopic (exact) mass is 364 g/mol. The Morgan fingerprint density at radius 2 is 1.96 bits per heavy atom. The lowest BCUT2D eigenvalue weighted by atomic mass is 10.2. The van der Waals surface area contributed by atoms with Crippen LogP contribution in [0.25, 0.3) is 11.0 Å². The highest BCUT2D eigenvalue weighted by Gasteiger charge is 2.23. The van der Waals surface area contributed by atoms with Crippen molar-refractivity contribution in [3.63, 3.8) is 0 Å². The number of halogens is 1. The molecule has 2 heterocycles. The van der Waals surface area contributed by atoms with Crippen LogP contribution in [0.4, 0.5) is 0 Å². The van der Waals surface area contributed by atoms with Gasteiger partial charge in [0.15, 0.2) is 11.5 Å². The molecule has 2 aromatic carbocycles. The fourth-order valence-electron chi connectivity index (χ4n) is 2.61. The lowest BCUT2D eigenvalue weighted by Gasteiger charge is -2.20. The summed E-state index contributed by atoms with van der Waals surface area (Å²) in [7, 11) is -3.64. The zero-order valence-electron chi connectivity index (χ0n) is 12.5. The van der Waals surface area contributed by atoms with Crippen LogP contribution in [0.15, 0.2) is 41.6 Å². The number of ether oxygens (including phenoxy) is 2. The van der Waals surface area contributed by atoms with Crippen molar-refractivity contribution in [3.8, 4) is 11.5 Å². The third-order valence-corrected chi connectivity index (χ3v) is 5.45. The zero-order valence-corrected chi connectivity index (χ0v) is 14.0. The van der Waals surface area contributed by atoms with Gasteiger partial charge < -0.3 is 14.5 Å². The first-order chi connectivity index (χ1) is 11.5. The van der Waals surface area contributed by atoms with Crippen molar-refractivity contribution in [2.75, 3.05) is 13.2 Å². The van der Waals surface area contributed by atoms with Gasteiger partial charge in [-0.05, 0) is 29.8 Å². The number of H-pyrrole nitrogens is 1. The highest BCUT2D eigenvalue weighted by Crippen LogP contribution is 2.39. The quantitative estimate of drug-likeness (QED) is 0.772. The number of hydrogen-bond donors (Lipinski definition) is 1. The lowest BCUT2D eigenvalue weighted by Crippen LogP contribution is -2.16. The van der Waals surface area contributed by atoms with Crippen LogP contribution in [-0.4, -0.2) is 31.6 Å². The van der Waals surface area contributed by atoms with E-state index in [1.54, 1.807) is 30.3 Å². The normalized spacial score (nSPS) is 14.0. The molecule has 0 unspecified atom stereocenters. The van der Waals surface area contributed by atoms with E-state index in [2.05, 4.69) is 9.97 Å². The number of benzene rings is 2. The molecule has 1 aliphatic rings. The second-order valence-electron chi connectivity index (χ2n) is 5.42. The molecule has 0 bridgehead atoms. The number of rotatable bonds is 3. The molecule has 8 heteroatoms. The summed E-state index contributed by atoms with van der Waals surface area (Å²) < 4.78 is 36.2. The Labute approximate surface area is 143 Å². The summed E-state index contributed by atoms with van der Waals surface area (Å²) in [6.45, 7) is 0.826. The van der Waals surface area contributed by atoms with Gasteiger partial charge in [0.25, 0.3) is 0 Å². The van der Waals surface area contributed by atoms with Crippen molar-refractivity contribution in [3.05, 3.63) is 47.0 Å². The van der Waals surface area contributed by atoms with Gasteiger partial charge in [-0.3, -0.25) is 0 Å². The van der Waals surface area contributed by atoms with Crippen molar-refractivity contribution >= 4 is 32.5 Å². The minimum Gasteiger partial charge on any atom is -0.486 e. The van der Waals surface area contributed by atoms with Crippen LogP contribution in [0.5, 0.6) is 11.5 Å². The maximum atomic E-state index is 12.6. The maximum Gasteiger partial charge on any atom is 0.226 e. The molecule has 6 nitrogen and oxygen atoms in total. The Hall–Kier alpha value is -2.25. The first kappa shape index (κ1) is 15.3. The van der Waals surface area contributed by atoms with Gasteiger partial charge in [-0.15, -0.1) is 0 Å². The summed E-state index contributed by atoms with van der Waals surface area (Å²) in [6, 6.07) is 10.4. The lowest BCUT2D eigenvalue weighted by molar-refractivity contribution is 0.171. The summed E-state index contributed by atoms with van der Waals surface area (Å²) in [5.41, 5.74) is 1.80. The fourth-order valence-corrected chi connectivity index (χ4v) is 4.14. The topological polar surface area (TPSA) is 81.3 Å². The van der Waals surface area contributed by atoms with Gasteiger partial charge in [0, 0.05) is 0 Å². The van der Waals surface area contributed by atoms with Crippen LogP contribution in [-0.2, 0) is 15.6 Å². The third kappa shape index (κ3) is 2.70. The van der Waals surface area contributed by atoms with Crippen LogP contribution in [0.2, 0.25) is 5.02 Å². The number of fused-ring (bicyclic) bond motifs is 2. The number of nitrogens with zero attached hydrogens (tertiary/aromatic N) is 1. The zero-order chi connectivity index (χ0) is 16.7. The van der Waals surface area contributed by atoms with Gasteiger partial charge in [0.2, 0.25) is 15.0 Å². The first-order valence-electron chi connectivity index (χ1n) is 7.28. The molecule has 124 valence electrons. The van der Waals surface area contributed by atoms with E-state index >= 15 is 0 Å². The highest BCUT2D eigenvalue weighted by molar-refractivity contribution is 7.90. The van der Waals surface area contributed by atoms with Crippen LogP contribution in [0, 0.1) is 0 Å². The van der Waals surface area contributed by atoms with E-state index < -0.39 is 9.84 Å². The van der Waals surface area contributed by atoms with E-state index in [1.165, 1.54) is 0 Å². The predicted octanol–water partition coefficient (Wildman–Crippen LogP) is 2.96. The maximum absolute atomic E-state index is 12.6. The molecule has 1 aliphatic heterocycles. The smallest absolute Gasteiger partial charge is 0.226 e. The Kier molecular flexibility index (Phi) is 3.62. The minimum absolute atomic E-state index is 0.0605. The van der Waals surface area contributed by atoms with Crippen LogP contribution in [0.1, 0.15) is 5.56 Å². The molecular weight excluding hydrogens is 352 g/mol. The number of hydrogen-bond acceptors (Lipinski definition) is 5. The third-order valence-electron chi connectivity index (χ3n) is 3.68. The second kappa shape index (κ2) is 5.68. The molecule has 0 radical (unpaired) electrons. The van der Waals surface area contributed by atoms with Crippen molar-refractivity contribution in [2.24, 2.45) is 0 Å². The van der Waals surface area contributed by atoms with Gasteiger partial charge in [-0.1, -0.05) is 23.7 Å². The molecule has 24 heavy (non-hydrogen) atoms. The molecule has 0 spiro atoms. The van der Waals surface area contributed by atoms with Gasteiger partial charge in [0.05, 0.1) is 21.8 Å². The number of para-hydroxylation sites is 2. The average Bonchev–Trinajstić information content (AvgIpc) is 2.99. The summed E-state index contributed by atoms with van der Waals surface area (Å²) in [5, 5.41) is 0.275. The minimum atomic E-state index is -3.64. The van der Waals surface area contributed by atoms with Crippen molar-refractivity contribution in [2.45, 2.75) is 10.9 Å². The first-order valence-corrected chi connectivity index (χ1v) is 9.31. The number of aromatic nitrogens is 2. The SMILES string of the molecule is O=S(=O)(Cc1cc(Cl)c2c(c1)OCCO2)c1nc2ccccc2[nH]1. The van der Waals surface area contributed by atoms with Crippen molar-refractivity contribution < 1.29 is 17.9 Å². The largest absolute Gasteiger partial charge is 0.486 e. The van der Waals surface area contributed by atoms with E-state index in [0.717, 1.165) is 0 Å². The highest BCUT2D eigenvalue weighted by atomic mass is 35.5. The van der Waals surface area contributed by atoms with Crippen molar-refractivity contribution in [1.29, 1.82) is 0 Å². The summed E-state index contributed by atoms with van der Waals surface area (Å²) in [5.74, 6) is 0.680. The van der Waals surface area contributed by atoms with Crippen LogP contribution < -0.4 is 9.47 Å². The molecule has 0 fully saturated rings. The van der Waals surface area contributed by atoms with E-state index in [1.807, 2.05) is 6.07 Å². The molecule has 3 aromatic rings. The number of nitrogens with one attached hydrogen (secondary N) is 1. The molecule has 4 rings (SSSR count). The summed E-state index contributed by atoms with van der Waals surface area (Å²) in [4.78, 5) is 7.00.